The highest BCUT2D eigenvalue weighted by Gasteiger charge is 2.64. The molecule has 0 aromatic rings. The Morgan fingerprint density at radius 1 is 1.12 bits per heavy atom. The zero-order valence-electron chi connectivity index (χ0n) is 11.5. The van der Waals surface area contributed by atoms with Gasteiger partial charge in [0.1, 0.15) is 0 Å². The topological polar surface area (TPSA) is 29.1 Å². The van der Waals surface area contributed by atoms with Crippen LogP contribution in [0.3, 0.4) is 0 Å². The summed E-state index contributed by atoms with van der Waals surface area (Å²) in [6, 6.07) is 0. The lowest BCUT2D eigenvalue weighted by Crippen LogP contribution is -2.29. The molecule has 2 aliphatic rings. The largest absolute Gasteiger partial charge is 0.356 e. The van der Waals surface area contributed by atoms with Gasteiger partial charge in [-0.3, -0.25) is 4.79 Å². The van der Waals surface area contributed by atoms with Crippen molar-refractivity contribution in [1.82, 2.24) is 5.32 Å². The number of hydrogen-bond donors (Lipinski definition) is 1. The minimum absolute atomic E-state index is 0.249. The minimum atomic E-state index is 0.249. The number of nitrogens with one attached hydrogen (secondary N) is 1. The Bertz CT molecular complexity index is 314. The second kappa shape index (κ2) is 3.02. The molecular formula is C14H25NO. The molecule has 92 valence electrons. The monoisotopic (exact) mass is 223 g/mol. The van der Waals surface area contributed by atoms with Gasteiger partial charge in [-0.2, -0.15) is 0 Å². The molecule has 2 fully saturated rings. The van der Waals surface area contributed by atoms with Crippen LogP contribution in [-0.2, 0) is 4.79 Å². The summed E-state index contributed by atoms with van der Waals surface area (Å²) in [6.07, 6.45) is 1.05. The smallest absolute Gasteiger partial charge is 0.223 e. The quantitative estimate of drug-likeness (QED) is 0.783. The summed E-state index contributed by atoms with van der Waals surface area (Å²) in [7, 11) is 0. The molecule has 0 radical (unpaired) electrons. The summed E-state index contributed by atoms with van der Waals surface area (Å²) in [5, 5.41) is 3.13. The Kier molecular flexibility index (Phi) is 2.26. The van der Waals surface area contributed by atoms with E-state index in [9.17, 15) is 4.79 Å². The van der Waals surface area contributed by atoms with E-state index in [-0.39, 0.29) is 17.2 Å². The number of carbonyl (C=O) groups is 1. The average Bonchev–Trinajstić information content (AvgIpc) is 2.84. The summed E-state index contributed by atoms with van der Waals surface area (Å²) in [5.41, 5.74) is 0.997. The van der Waals surface area contributed by atoms with E-state index in [0.29, 0.717) is 16.7 Å². The zero-order valence-corrected chi connectivity index (χ0v) is 11.5. The molecule has 1 N–H and O–H groups in total. The van der Waals surface area contributed by atoms with Crippen LogP contribution in [0, 0.1) is 28.1 Å². The first-order valence-electron chi connectivity index (χ1n) is 6.38. The van der Waals surface area contributed by atoms with Crippen LogP contribution in [0.2, 0.25) is 0 Å². The van der Waals surface area contributed by atoms with E-state index in [2.05, 4.69) is 46.9 Å². The summed E-state index contributed by atoms with van der Waals surface area (Å²) in [5.74, 6) is 1.16. The Hall–Kier alpha value is -0.530. The van der Waals surface area contributed by atoms with E-state index in [1.54, 1.807) is 0 Å². The van der Waals surface area contributed by atoms with Crippen LogP contribution in [0.4, 0.5) is 0 Å². The van der Waals surface area contributed by atoms with Crippen LogP contribution in [0.15, 0.2) is 0 Å². The Morgan fingerprint density at radius 3 is 1.88 bits per heavy atom. The fraction of sp³-hybridized carbons (Fsp3) is 0.929. The fourth-order valence-corrected chi connectivity index (χ4v) is 3.08. The lowest BCUT2D eigenvalue weighted by molar-refractivity contribution is -0.123. The fourth-order valence-electron chi connectivity index (χ4n) is 3.08. The molecular weight excluding hydrogens is 198 g/mol. The van der Waals surface area contributed by atoms with Crippen LogP contribution in [0.5, 0.6) is 0 Å². The van der Waals surface area contributed by atoms with E-state index < -0.39 is 0 Å². The van der Waals surface area contributed by atoms with Gasteiger partial charge in [-0.15, -0.1) is 0 Å². The molecule has 2 heteroatoms. The van der Waals surface area contributed by atoms with E-state index >= 15 is 0 Å². The number of rotatable bonds is 3. The highest BCUT2D eigenvalue weighted by Crippen LogP contribution is 2.68. The molecule has 1 amide bonds. The Balaban J connectivity index is 1.80. The molecule has 0 aromatic heterocycles. The predicted molar refractivity (Wildman–Crippen MR) is 65.9 cm³/mol. The predicted octanol–water partition coefficient (Wildman–Crippen LogP) is 2.83. The molecule has 0 saturated heterocycles. The molecule has 2 saturated carbocycles. The zero-order chi connectivity index (χ0) is 12.4. The molecule has 0 heterocycles. The van der Waals surface area contributed by atoms with Gasteiger partial charge in [-0.1, -0.05) is 41.5 Å². The summed E-state index contributed by atoms with van der Waals surface area (Å²) in [4.78, 5) is 11.9. The SMILES string of the molecule is CC1(C)CC1C(=O)NCC1C(C)(C)C1(C)C. The van der Waals surface area contributed by atoms with Gasteiger partial charge in [0.05, 0.1) is 0 Å². The molecule has 1 atom stereocenters. The maximum absolute atomic E-state index is 11.9. The molecule has 0 bridgehead atoms. The maximum atomic E-state index is 11.9. The minimum Gasteiger partial charge on any atom is -0.356 e. The Morgan fingerprint density at radius 2 is 1.56 bits per heavy atom. The number of carbonyl (C=O) groups excluding carboxylic acids is 1. The molecule has 2 nitrogen and oxygen atoms in total. The lowest BCUT2D eigenvalue weighted by atomic mass is 10.0. The van der Waals surface area contributed by atoms with Crippen molar-refractivity contribution < 1.29 is 4.79 Å². The third kappa shape index (κ3) is 1.57. The third-order valence-electron chi connectivity index (χ3n) is 5.63. The van der Waals surface area contributed by atoms with Gasteiger partial charge in [-0.05, 0) is 28.6 Å². The van der Waals surface area contributed by atoms with Crippen LogP contribution in [0.1, 0.15) is 48.0 Å². The van der Waals surface area contributed by atoms with Gasteiger partial charge in [0.15, 0.2) is 0 Å². The molecule has 0 spiro atoms. The van der Waals surface area contributed by atoms with Gasteiger partial charge < -0.3 is 5.32 Å². The van der Waals surface area contributed by atoms with Gasteiger partial charge in [0.2, 0.25) is 5.91 Å². The normalized spacial score (nSPS) is 33.2. The van der Waals surface area contributed by atoms with Crippen molar-refractivity contribution in [2.24, 2.45) is 28.1 Å². The van der Waals surface area contributed by atoms with Crippen molar-refractivity contribution in [3.05, 3.63) is 0 Å². The molecule has 0 aliphatic heterocycles. The lowest BCUT2D eigenvalue weighted by Gasteiger charge is -2.07. The van der Waals surface area contributed by atoms with Crippen molar-refractivity contribution in [2.45, 2.75) is 48.0 Å². The van der Waals surface area contributed by atoms with Gasteiger partial charge in [-0.25, -0.2) is 0 Å². The van der Waals surface area contributed by atoms with Crippen molar-refractivity contribution in [2.75, 3.05) is 6.54 Å². The van der Waals surface area contributed by atoms with E-state index in [0.717, 1.165) is 13.0 Å². The van der Waals surface area contributed by atoms with E-state index in [1.807, 2.05) is 0 Å². The molecule has 1 unspecified atom stereocenters. The number of amides is 1. The van der Waals surface area contributed by atoms with E-state index in [4.69, 9.17) is 0 Å². The highest BCUT2D eigenvalue weighted by molar-refractivity contribution is 5.82. The van der Waals surface area contributed by atoms with Gasteiger partial charge in [0.25, 0.3) is 0 Å². The van der Waals surface area contributed by atoms with E-state index in [1.165, 1.54) is 0 Å². The van der Waals surface area contributed by atoms with Crippen molar-refractivity contribution in [1.29, 1.82) is 0 Å². The van der Waals surface area contributed by atoms with Gasteiger partial charge in [0, 0.05) is 12.5 Å². The second-order valence-electron chi connectivity index (χ2n) is 7.49. The van der Waals surface area contributed by atoms with Crippen molar-refractivity contribution >= 4 is 5.91 Å². The maximum Gasteiger partial charge on any atom is 0.223 e. The summed E-state index contributed by atoms with van der Waals surface area (Å²) in [6.45, 7) is 14.4. The molecule has 2 rings (SSSR count). The Labute approximate surface area is 99.2 Å². The second-order valence-corrected chi connectivity index (χ2v) is 7.49. The molecule has 0 aromatic carbocycles. The molecule has 16 heavy (non-hydrogen) atoms. The van der Waals surface area contributed by atoms with Crippen LogP contribution >= 0.6 is 0 Å². The van der Waals surface area contributed by atoms with Crippen molar-refractivity contribution in [3.63, 3.8) is 0 Å². The first-order valence-corrected chi connectivity index (χ1v) is 6.38. The van der Waals surface area contributed by atoms with Crippen LogP contribution in [0.25, 0.3) is 0 Å². The first kappa shape index (κ1) is 11.9. The number of hydrogen-bond acceptors (Lipinski definition) is 1. The first-order chi connectivity index (χ1) is 7.11. The van der Waals surface area contributed by atoms with Crippen molar-refractivity contribution in [3.8, 4) is 0 Å². The standard InChI is InChI=1S/C14H25NO/c1-12(2)7-9(12)11(16)15-8-10-13(3,4)14(10,5)6/h9-10H,7-8H2,1-6H3,(H,15,16). The van der Waals surface area contributed by atoms with Crippen LogP contribution < -0.4 is 5.32 Å². The molecule has 2 aliphatic carbocycles. The average molecular weight is 223 g/mol. The highest BCUT2D eigenvalue weighted by atomic mass is 16.2. The third-order valence-corrected chi connectivity index (χ3v) is 5.63. The van der Waals surface area contributed by atoms with Crippen LogP contribution in [-0.4, -0.2) is 12.5 Å². The van der Waals surface area contributed by atoms with Gasteiger partial charge >= 0.3 is 0 Å². The summed E-state index contributed by atoms with van der Waals surface area (Å²) < 4.78 is 0. The summed E-state index contributed by atoms with van der Waals surface area (Å²) >= 11 is 0.